The van der Waals surface area contributed by atoms with Gasteiger partial charge in [0.1, 0.15) is 11.7 Å². The number of rotatable bonds is 14. The summed E-state index contributed by atoms with van der Waals surface area (Å²) in [6, 6.07) is 20.3. The average Bonchev–Trinajstić information content (AvgIpc) is 3.06. The quantitative estimate of drug-likeness (QED) is 0.0700. The highest BCUT2D eigenvalue weighted by molar-refractivity contribution is 9.10. The molecule has 1 saturated carbocycles. The van der Waals surface area contributed by atoms with Gasteiger partial charge >= 0.3 is 10.1 Å². The van der Waals surface area contributed by atoms with Crippen LogP contribution < -0.4 is 9.37 Å². The summed E-state index contributed by atoms with van der Waals surface area (Å²) in [7, 11) is -7.12. The highest BCUT2D eigenvalue weighted by Gasteiger charge is 2.49. The fourth-order valence-electron chi connectivity index (χ4n) is 7.69. The SMILES string of the molecule is Cc1ccc(S(=O)(=O)Oc2c(Br)cc(Cl)cc2[Si](OCC2=CC=C3[C@@H](OCOCc4ccccc4)CC[C@@H](C)[C@]3(C)C2)(C(C)C)C(C)C)cc1. The molecular formula is C40H50BrClO6SSi. The summed E-state index contributed by atoms with van der Waals surface area (Å²) in [5, 5.41) is 1.21. The largest absolute Gasteiger partial charge is 0.408 e. The molecule has 0 radical (unpaired) electrons. The van der Waals surface area contributed by atoms with Crippen LogP contribution in [0.25, 0.3) is 0 Å². The molecule has 0 N–H and O–H groups in total. The molecule has 0 aromatic heterocycles. The lowest BCUT2D eigenvalue weighted by atomic mass is 9.60. The molecule has 3 atom stereocenters. The molecule has 0 aliphatic heterocycles. The lowest BCUT2D eigenvalue weighted by Gasteiger charge is -2.48. The van der Waals surface area contributed by atoms with Crippen molar-refractivity contribution in [2.75, 3.05) is 13.4 Å². The Morgan fingerprint density at radius 1 is 0.960 bits per heavy atom. The number of hydrogen-bond acceptors (Lipinski definition) is 6. The topological polar surface area (TPSA) is 71.1 Å². The van der Waals surface area contributed by atoms with Crippen molar-refractivity contribution < 1.29 is 26.5 Å². The normalized spacial score (nSPS) is 21.2. The van der Waals surface area contributed by atoms with Gasteiger partial charge in [0.25, 0.3) is 0 Å². The standard InChI is InChI=1S/C40H50BrClO6SSi/c1-27(2)50(28(3)4,38-22-33(42)21-36(41)39(38)48-49(43,44)34-17-13-29(5)14-18-34)47-25-32-16-19-35-37(20-15-30(6)40(35,7)23-32)46-26-45-24-31-11-9-8-10-12-31/h8-14,16-19,21-22,27-28,30,37H,15,20,23-26H2,1-7H3/t30-,37+,40+/m1/s1. The molecule has 0 bridgehead atoms. The van der Waals surface area contributed by atoms with E-state index in [1.54, 1.807) is 30.3 Å². The van der Waals surface area contributed by atoms with Gasteiger partial charge in [0.2, 0.25) is 8.32 Å². The summed E-state index contributed by atoms with van der Waals surface area (Å²) in [5.74, 6) is 0.710. The first-order chi connectivity index (χ1) is 23.7. The van der Waals surface area contributed by atoms with E-state index in [2.05, 4.69) is 81.8 Å². The van der Waals surface area contributed by atoms with Gasteiger partial charge in [-0.25, -0.2) is 0 Å². The van der Waals surface area contributed by atoms with Crippen LogP contribution in [0.4, 0.5) is 0 Å². The lowest BCUT2D eigenvalue weighted by Crippen LogP contribution is -2.57. The Morgan fingerprint density at radius 3 is 2.30 bits per heavy atom. The summed E-state index contributed by atoms with van der Waals surface area (Å²) in [6.07, 6.45) is 7.33. The van der Waals surface area contributed by atoms with Crippen LogP contribution in [0.3, 0.4) is 0 Å². The van der Waals surface area contributed by atoms with Gasteiger partial charge in [-0.1, -0.05) is 113 Å². The zero-order valence-electron chi connectivity index (χ0n) is 30.2. The van der Waals surface area contributed by atoms with Crippen molar-refractivity contribution in [1.29, 1.82) is 0 Å². The van der Waals surface area contributed by atoms with Gasteiger partial charge in [-0.15, -0.1) is 0 Å². The minimum atomic E-state index is -4.14. The third kappa shape index (κ3) is 8.35. The molecule has 0 amide bonds. The summed E-state index contributed by atoms with van der Waals surface area (Å²) in [4.78, 5) is 0.0908. The van der Waals surface area contributed by atoms with Gasteiger partial charge in [-0.3, -0.25) is 0 Å². The van der Waals surface area contributed by atoms with Crippen molar-refractivity contribution in [2.24, 2.45) is 11.3 Å². The lowest BCUT2D eigenvalue weighted by molar-refractivity contribution is -0.101. The Morgan fingerprint density at radius 2 is 1.64 bits per heavy atom. The highest BCUT2D eigenvalue weighted by atomic mass is 79.9. The van der Waals surface area contributed by atoms with Gasteiger partial charge in [-0.2, -0.15) is 8.42 Å². The smallest absolute Gasteiger partial charge is 0.339 e. The second-order valence-corrected chi connectivity index (χ2v) is 22.2. The zero-order valence-corrected chi connectivity index (χ0v) is 34.3. The van der Waals surface area contributed by atoms with Gasteiger partial charge < -0.3 is 18.1 Å². The van der Waals surface area contributed by atoms with Crippen LogP contribution in [0, 0.1) is 18.3 Å². The minimum Gasteiger partial charge on any atom is -0.408 e. The van der Waals surface area contributed by atoms with Crippen LogP contribution in [-0.4, -0.2) is 36.2 Å². The van der Waals surface area contributed by atoms with E-state index in [0.717, 1.165) is 35.6 Å². The number of hydrogen-bond donors (Lipinski definition) is 0. The predicted octanol–water partition coefficient (Wildman–Crippen LogP) is 10.4. The van der Waals surface area contributed by atoms with Crippen molar-refractivity contribution in [3.05, 3.63) is 111 Å². The van der Waals surface area contributed by atoms with Crippen molar-refractivity contribution in [3.63, 3.8) is 0 Å². The van der Waals surface area contributed by atoms with Crippen molar-refractivity contribution >= 4 is 51.2 Å². The molecule has 5 rings (SSSR count). The second kappa shape index (κ2) is 16.2. The number of benzene rings is 3. The second-order valence-electron chi connectivity index (χ2n) is 14.6. The molecule has 50 heavy (non-hydrogen) atoms. The predicted molar refractivity (Wildman–Crippen MR) is 208 cm³/mol. The van der Waals surface area contributed by atoms with E-state index in [9.17, 15) is 8.42 Å². The van der Waals surface area contributed by atoms with Crippen molar-refractivity contribution in [3.8, 4) is 5.75 Å². The number of aryl methyl sites for hydroxylation is 1. The van der Waals surface area contributed by atoms with Gasteiger partial charge in [0.15, 0.2) is 5.75 Å². The summed E-state index contributed by atoms with van der Waals surface area (Å²) in [5.41, 5.74) is 4.68. The minimum absolute atomic E-state index is 0.00415. The first-order valence-corrected chi connectivity index (χ1v) is 22.1. The average molecular weight is 802 g/mol. The van der Waals surface area contributed by atoms with Crippen molar-refractivity contribution in [2.45, 2.75) is 96.4 Å². The summed E-state index contributed by atoms with van der Waals surface area (Å²) >= 11 is 10.3. The van der Waals surface area contributed by atoms with E-state index in [1.165, 1.54) is 11.1 Å². The Kier molecular flexibility index (Phi) is 12.6. The van der Waals surface area contributed by atoms with E-state index in [-0.39, 0.29) is 40.0 Å². The first kappa shape index (κ1) is 39.0. The summed E-state index contributed by atoms with van der Waals surface area (Å²) < 4.78 is 53.1. The highest BCUT2D eigenvalue weighted by Crippen LogP contribution is 2.52. The fourth-order valence-corrected chi connectivity index (χ4v) is 14.7. The first-order valence-electron chi connectivity index (χ1n) is 17.5. The Bertz CT molecular complexity index is 1800. The molecule has 3 aromatic rings. The number of allylic oxidation sites excluding steroid dienone is 2. The zero-order chi connectivity index (χ0) is 36.3. The van der Waals surface area contributed by atoms with Gasteiger partial charge in [0, 0.05) is 10.2 Å². The molecule has 2 aliphatic carbocycles. The molecular weight excluding hydrogens is 752 g/mol. The van der Waals surface area contributed by atoms with Crippen LogP contribution in [0.1, 0.15) is 71.9 Å². The van der Waals surface area contributed by atoms with Gasteiger partial charge in [0.05, 0.1) is 23.8 Å². The van der Waals surface area contributed by atoms with E-state index in [0.29, 0.717) is 28.6 Å². The van der Waals surface area contributed by atoms with Crippen LogP contribution in [-0.2, 0) is 30.6 Å². The molecule has 270 valence electrons. The molecule has 0 spiro atoms. The van der Waals surface area contributed by atoms with Crippen LogP contribution in [0.2, 0.25) is 16.1 Å². The fraction of sp³-hybridized carbons (Fsp3) is 0.450. The molecule has 2 aliphatic rings. The monoisotopic (exact) mass is 800 g/mol. The van der Waals surface area contributed by atoms with E-state index < -0.39 is 18.4 Å². The molecule has 0 heterocycles. The summed E-state index contributed by atoms with van der Waals surface area (Å²) in [6.45, 7) is 16.4. The van der Waals surface area contributed by atoms with E-state index in [1.807, 2.05) is 31.2 Å². The van der Waals surface area contributed by atoms with E-state index >= 15 is 0 Å². The Balaban J connectivity index is 1.41. The molecule has 0 saturated heterocycles. The van der Waals surface area contributed by atoms with Crippen molar-refractivity contribution in [1.82, 2.24) is 0 Å². The van der Waals surface area contributed by atoms with Crippen LogP contribution in [0.15, 0.2) is 99.4 Å². The maximum Gasteiger partial charge on any atom is 0.339 e. The molecule has 6 nitrogen and oxygen atoms in total. The van der Waals surface area contributed by atoms with Crippen LogP contribution in [0.5, 0.6) is 5.75 Å². The maximum atomic E-state index is 13.6. The van der Waals surface area contributed by atoms with Gasteiger partial charge in [-0.05, 0) is 106 Å². The molecule has 3 aromatic carbocycles. The Hall–Kier alpha value is -2.24. The number of halogens is 2. The van der Waals surface area contributed by atoms with Crippen LogP contribution >= 0.6 is 27.5 Å². The third-order valence-electron chi connectivity index (χ3n) is 10.7. The number of ether oxygens (including phenoxy) is 2. The number of fused-ring (bicyclic) bond motifs is 1. The Labute approximate surface area is 313 Å². The third-order valence-corrected chi connectivity index (χ3v) is 18.0. The maximum absolute atomic E-state index is 13.6. The molecule has 1 fully saturated rings. The van der Waals surface area contributed by atoms with E-state index in [4.69, 9.17) is 29.7 Å². The molecule has 10 heteroatoms. The molecule has 0 unspecified atom stereocenters.